The van der Waals surface area contributed by atoms with Crippen LogP contribution >= 0.6 is 11.6 Å². The van der Waals surface area contributed by atoms with Crippen molar-refractivity contribution in [2.24, 2.45) is 5.92 Å². The van der Waals surface area contributed by atoms with Gasteiger partial charge in [0.05, 0.1) is 22.9 Å². The Hall–Kier alpha value is -2.71. The van der Waals surface area contributed by atoms with Gasteiger partial charge in [0, 0.05) is 12.1 Å². The third-order valence-electron chi connectivity index (χ3n) is 4.45. The number of rotatable bonds is 5. The SMILES string of the molecule is Cc1cc(C#N)ccc1C(=O)N(CC1CC1)c1cccc(C(=O)Cl)c1F. The van der Waals surface area contributed by atoms with Crippen molar-refractivity contribution in [1.29, 1.82) is 5.26 Å². The van der Waals surface area contributed by atoms with Gasteiger partial charge in [-0.2, -0.15) is 5.26 Å². The van der Waals surface area contributed by atoms with Crippen LogP contribution in [0.2, 0.25) is 0 Å². The maximum atomic E-state index is 14.8. The fourth-order valence-electron chi connectivity index (χ4n) is 2.85. The molecule has 0 spiro atoms. The fourth-order valence-corrected chi connectivity index (χ4v) is 2.99. The zero-order valence-corrected chi connectivity index (χ0v) is 14.9. The lowest BCUT2D eigenvalue weighted by molar-refractivity contribution is 0.0982. The van der Waals surface area contributed by atoms with Gasteiger partial charge in [0.15, 0.2) is 5.82 Å². The van der Waals surface area contributed by atoms with Crippen LogP contribution in [-0.4, -0.2) is 17.7 Å². The Bertz CT molecular complexity index is 932. The van der Waals surface area contributed by atoms with Crippen LogP contribution in [0, 0.1) is 30.0 Å². The Balaban J connectivity index is 2.04. The number of halogens is 2. The molecule has 0 aliphatic heterocycles. The topological polar surface area (TPSA) is 61.2 Å². The van der Waals surface area contributed by atoms with E-state index in [1.807, 2.05) is 6.07 Å². The fraction of sp³-hybridized carbons (Fsp3) is 0.250. The molecule has 0 heterocycles. The van der Waals surface area contributed by atoms with Crippen LogP contribution in [0.25, 0.3) is 0 Å². The molecule has 0 aromatic heterocycles. The van der Waals surface area contributed by atoms with Gasteiger partial charge in [-0.15, -0.1) is 0 Å². The number of anilines is 1. The van der Waals surface area contributed by atoms with Gasteiger partial charge in [0.1, 0.15) is 0 Å². The Morgan fingerprint density at radius 1 is 1.27 bits per heavy atom. The number of benzene rings is 2. The summed E-state index contributed by atoms with van der Waals surface area (Å²) < 4.78 is 14.8. The summed E-state index contributed by atoms with van der Waals surface area (Å²) in [6, 6.07) is 11.1. The second-order valence-corrected chi connectivity index (χ2v) is 6.76. The maximum Gasteiger partial charge on any atom is 0.258 e. The molecule has 0 N–H and O–H groups in total. The van der Waals surface area contributed by atoms with Crippen LogP contribution in [0.4, 0.5) is 10.1 Å². The summed E-state index contributed by atoms with van der Waals surface area (Å²) in [5.41, 5.74) is 1.27. The van der Waals surface area contributed by atoms with E-state index in [-0.39, 0.29) is 17.2 Å². The highest BCUT2D eigenvalue weighted by Gasteiger charge is 2.31. The Labute approximate surface area is 155 Å². The van der Waals surface area contributed by atoms with Gasteiger partial charge in [-0.05, 0) is 73.2 Å². The molecular weight excluding hydrogens is 355 g/mol. The highest BCUT2D eigenvalue weighted by atomic mass is 35.5. The van der Waals surface area contributed by atoms with Crippen LogP contribution in [0.3, 0.4) is 0 Å². The molecule has 4 nitrogen and oxygen atoms in total. The average molecular weight is 371 g/mol. The molecule has 1 fully saturated rings. The number of carbonyl (C=O) groups excluding carboxylic acids is 2. The van der Waals surface area contributed by atoms with Crippen molar-refractivity contribution in [2.45, 2.75) is 19.8 Å². The van der Waals surface area contributed by atoms with E-state index in [4.69, 9.17) is 16.9 Å². The maximum absolute atomic E-state index is 14.8. The van der Waals surface area contributed by atoms with Gasteiger partial charge in [0.25, 0.3) is 11.1 Å². The van der Waals surface area contributed by atoms with Crippen LogP contribution in [0.5, 0.6) is 0 Å². The van der Waals surface area contributed by atoms with E-state index in [2.05, 4.69) is 0 Å². The van der Waals surface area contributed by atoms with Crippen LogP contribution in [0.15, 0.2) is 36.4 Å². The van der Waals surface area contributed by atoms with E-state index < -0.39 is 11.1 Å². The van der Waals surface area contributed by atoms with Crippen molar-refractivity contribution in [2.75, 3.05) is 11.4 Å². The van der Waals surface area contributed by atoms with Gasteiger partial charge in [-0.3, -0.25) is 9.59 Å². The molecule has 1 aliphatic rings. The zero-order chi connectivity index (χ0) is 18.8. The molecule has 2 aromatic rings. The first-order valence-corrected chi connectivity index (χ1v) is 8.61. The van der Waals surface area contributed by atoms with Crippen molar-refractivity contribution in [3.05, 3.63) is 64.5 Å². The second-order valence-electron chi connectivity index (χ2n) is 6.41. The van der Waals surface area contributed by atoms with Crippen LogP contribution < -0.4 is 4.90 Å². The van der Waals surface area contributed by atoms with E-state index >= 15 is 0 Å². The minimum absolute atomic E-state index is 0.0390. The average Bonchev–Trinajstić information content (AvgIpc) is 3.43. The van der Waals surface area contributed by atoms with Gasteiger partial charge in [0.2, 0.25) is 0 Å². The molecule has 0 unspecified atom stereocenters. The minimum Gasteiger partial charge on any atom is -0.305 e. The monoisotopic (exact) mass is 370 g/mol. The Morgan fingerprint density at radius 2 is 2.00 bits per heavy atom. The molecule has 0 radical (unpaired) electrons. The summed E-state index contributed by atoms with van der Waals surface area (Å²) in [4.78, 5) is 25.9. The highest BCUT2D eigenvalue weighted by Crippen LogP contribution is 2.34. The van der Waals surface area contributed by atoms with E-state index in [0.717, 1.165) is 12.8 Å². The first-order chi connectivity index (χ1) is 12.4. The first-order valence-electron chi connectivity index (χ1n) is 8.23. The number of hydrogen-bond donors (Lipinski definition) is 0. The van der Waals surface area contributed by atoms with Gasteiger partial charge in [-0.25, -0.2) is 4.39 Å². The van der Waals surface area contributed by atoms with E-state index in [1.54, 1.807) is 25.1 Å². The van der Waals surface area contributed by atoms with Crippen molar-refractivity contribution >= 4 is 28.4 Å². The minimum atomic E-state index is -0.905. The lowest BCUT2D eigenvalue weighted by atomic mass is 10.0. The van der Waals surface area contributed by atoms with E-state index in [0.29, 0.717) is 29.2 Å². The lowest BCUT2D eigenvalue weighted by Gasteiger charge is -2.24. The normalized spacial score (nSPS) is 13.2. The summed E-state index contributed by atoms with van der Waals surface area (Å²) in [6.45, 7) is 2.10. The molecule has 1 saturated carbocycles. The molecule has 0 saturated heterocycles. The highest BCUT2D eigenvalue weighted by molar-refractivity contribution is 6.67. The molecule has 0 bridgehead atoms. The summed E-state index contributed by atoms with van der Waals surface area (Å²) in [7, 11) is 0. The van der Waals surface area contributed by atoms with Gasteiger partial charge in [-0.1, -0.05) is 6.07 Å². The summed E-state index contributed by atoms with van der Waals surface area (Å²) in [6.07, 6.45) is 1.96. The standard InChI is InChI=1S/C20H16ClFN2O2/c1-12-9-14(10-23)7-8-15(12)20(26)24(11-13-5-6-13)17-4-2-3-16(18(17)22)19(21)25/h2-4,7-9,13H,5-6,11H2,1H3. The van der Waals surface area contributed by atoms with E-state index in [9.17, 15) is 14.0 Å². The molecule has 26 heavy (non-hydrogen) atoms. The number of nitriles is 1. The summed E-state index contributed by atoms with van der Waals surface area (Å²) in [5, 5.41) is 8.08. The quantitative estimate of drug-likeness (QED) is 0.731. The number of carbonyl (C=O) groups is 2. The predicted octanol–water partition coefficient (Wildman–Crippen LogP) is 4.44. The summed E-state index contributed by atoms with van der Waals surface area (Å²) >= 11 is 5.45. The van der Waals surface area contributed by atoms with Crippen molar-refractivity contribution in [3.8, 4) is 6.07 Å². The van der Waals surface area contributed by atoms with Gasteiger partial charge >= 0.3 is 0 Å². The number of amides is 1. The van der Waals surface area contributed by atoms with Crippen molar-refractivity contribution < 1.29 is 14.0 Å². The van der Waals surface area contributed by atoms with Crippen LogP contribution in [-0.2, 0) is 0 Å². The largest absolute Gasteiger partial charge is 0.305 e. The third kappa shape index (κ3) is 3.61. The molecule has 1 amide bonds. The third-order valence-corrected chi connectivity index (χ3v) is 4.65. The Morgan fingerprint density at radius 3 is 2.58 bits per heavy atom. The number of nitrogens with zero attached hydrogens (tertiary/aromatic N) is 2. The Kier molecular flexibility index (Phi) is 5.06. The van der Waals surface area contributed by atoms with E-state index in [1.165, 1.54) is 23.1 Å². The molecule has 132 valence electrons. The predicted molar refractivity (Wildman–Crippen MR) is 96.9 cm³/mol. The molecule has 1 aliphatic carbocycles. The van der Waals surface area contributed by atoms with Crippen molar-refractivity contribution in [1.82, 2.24) is 0 Å². The summed E-state index contributed by atoms with van der Waals surface area (Å²) in [5.74, 6) is -0.850. The number of hydrogen-bond acceptors (Lipinski definition) is 3. The second kappa shape index (κ2) is 7.27. The van der Waals surface area contributed by atoms with Crippen LogP contribution in [0.1, 0.15) is 44.7 Å². The first kappa shape index (κ1) is 18.1. The zero-order valence-electron chi connectivity index (χ0n) is 14.1. The lowest BCUT2D eigenvalue weighted by Crippen LogP contribution is -2.34. The number of aryl methyl sites for hydroxylation is 1. The smallest absolute Gasteiger partial charge is 0.258 e. The van der Waals surface area contributed by atoms with Crippen molar-refractivity contribution in [3.63, 3.8) is 0 Å². The molecule has 2 aromatic carbocycles. The molecule has 3 rings (SSSR count). The molecule has 0 atom stereocenters. The van der Waals surface area contributed by atoms with Gasteiger partial charge < -0.3 is 4.90 Å². The molecular formula is C20H16ClFN2O2. The molecule has 6 heteroatoms.